The molecule has 6 aromatic rings. The van der Waals surface area contributed by atoms with E-state index in [0.717, 1.165) is 18.4 Å². The Morgan fingerprint density at radius 3 is 2.41 bits per heavy atom. The maximum atomic E-state index is 15.7. The number of amides is 1. The molecule has 4 heterocycles. The standard InChI is InChI=1S/C39H39F7N10O3S2/c1-18(16-54(2)3)47-37-50-36-28(60-37)15-25(22-7-6-8-24-32(22)55(4)52-35(24)53-61(5,58)59)31(49-36)27(13-19-11-20(40)14-21(41)12-19)48-29(57)17-56-34-30(33(51-56)39(44,45)46)23-9-10-26(23)38(34,42)43/h6-8,11-12,14-15,18,23,26-27H,9-10,13,16-17H2,1-5H3,(H,48,57)(H,52,53)(H,47,49,50)/t18?,23-,26+,27-/m0/s1. The molecule has 324 valence electrons. The van der Waals surface area contributed by atoms with E-state index < -0.39 is 81.0 Å². The summed E-state index contributed by atoms with van der Waals surface area (Å²) in [7, 11) is 1.63. The van der Waals surface area contributed by atoms with Gasteiger partial charge in [0.1, 0.15) is 23.9 Å². The van der Waals surface area contributed by atoms with Crippen LogP contribution in [0, 0.1) is 17.6 Å². The van der Waals surface area contributed by atoms with Crippen molar-refractivity contribution < 1.29 is 43.9 Å². The largest absolute Gasteiger partial charge is 0.435 e. The molecule has 4 aromatic heterocycles. The third kappa shape index (κ3) is 8.11. The zero-order valence-electron chi connectivity index (χ0n) is 33.2. The summed E-state index contributed by atoms with van der Waals surface area (Å²) >= 11 is 1.27. The Labute approximate surface area is 348 Å². The van der Waals surface area contributed by atoms with Crippen molar-refractivity contribution in [3.63, 3.8) is 0 Å². The van der Waals surface area contributed by atoms with Crippen molar-refractivity contribution in [3.05, 3.63) is 82.3 Å². The molecule has 1 amide bonds. The van der Waals surface area contributed by atoms with Gasteiger partial charge in [0.2, 0.25) is 15.9 Å². The topological polar surface area (TPSA) is 152 Å². The lowest BCUT2D eigenvalue weighted by Crippen LogP contribution is -2.36. The van der Waals surface area contributed by atoms with E-state index in [4.69, 9.17) is 9.97 Å². The number of thiazole rings is 1. The number of nitrogens with one attached hydrogen (secondary N) is 3. The number of halogens is 7. The van der Waals surface area contributed by atoms with E-state index in [1.165, 1.54) is 16.0 Å². The van der Waals surface area contributed by atoms with Crippen molar-refractivity contribution in [1.29, 1.82) is 0 Å². The monoisotopic (exact) mass is 892 g/mol. The molecule has 2 aromatic carbocycles. The number of carbonyl (C=O) groups excluding carboxylic acids is 1. The molecule has 0 radical (unpaired) electrons. The number of aromatic nitrogens is 6. The lowest BCUT2D eigenvalue weighted by molar-refractivity contribution is -0.144. The first kappa shape index (κ1) is 42.3. The first-order valence-electron chi connectivity index (χ1n) is 19.0. The summed E-state index contributed by atoms with van der Waals surface area (Å²) in [6.07, 6.45) is -4.31. The van der Waals surface area contributed by atoms with E-state index in [0.29, 0.717) is 49.2 Å². The first-order chi connectivity index (χ1) is 28.6. The molecule has 61 heavy (non-hydrogen) atoms. The van der Waals surface area contributed by atoms with Crippen LogP contribution >= 0.6 is 11.3 Å². The normalized spacial score (nSPS) is 18.2. The third-order valence-electron chi connectivity index (χ3n) is 10.9. The second-order valence-electron chi connectivity index (χ2n) is 15.9. The van der Waals surface area contributed by atoms with Crippen LogP contribution in [0.2, 0.25) is 0 Å². The molecule has 13 nitrogen and oxygen atoms in total. The molecule has 22 heteroatoms. The molecule has 1 unspecified atom stereocenters. The summed E-state index contributed by atoms with van der Waals surface area (Å²) < 4.78 is 133. The van der Waals surface area contributed by atoms with Gasteiger partial charge in [-0.3, -0.25) is 18.9 Å². The molecule has 0 spiro atoms. The number of anilines is 2. The SMILES string of the molecule is CC(CN(C)C)Nc1nc2nc([C@H](Cc3cc(F)cc(F)c3)NC(=O)Cn3nc(C(F)(F)F)c4c3C(F)(F)[C@@H]3CC[C@H]43)c(-c3cccc4c(NS(C)(=O)=O)nn(C)c34)cc2s1. The Morgan fingerprint density at radius 2 is 1.77 bits per heavy atom. The highest BCUT2D eigenvalue weighted by atomic mass is 32.2. The Balaban J connectivity index is 1.28. The fourth-order valence-electron chi connectivity index (χ4n) is 8.54. The molecule has 2 aliphatic rings. The highest BCUT2D eigenvalue weighted by Gasteiger charge is 2.63. The summed E-state index contributed by atoms with van der Waals surface area (Å²) in [6.45, 7) is 1.56. The number of pyridine rings is 1. The number of fused-ring (bicyclic) bond motifs is 5. The van der Waals surface area contributed by atoms with Crippen LogP contribution in [0.1, 0.15) is 59.9 Å². The van der Waals surface area contributed by atoms with Crippen LogP contribution in [0.15, 0.2) is 42.5 Å². The molecule has 0 aliphatic heterocycles. The van der Waals surface area contributed by atoms with Crippen LogP contribution in [0.25, 0.3) is 32.4 Å². The minimum Gasteiger partial charge on any atom is -0.358 e. The zero-order valence-corrected chi connectivity index (χ0v) is 34.8. The minimum absolute atomic E-state index is 0.0106. The van der Waals surface area contributed by atoms with E-state index in [-0.39, 0.29) is 48.0 Å². The van der Waals surface area contributed by atoms with Crippen molar-refractivity contribution in [2.45, 2.75) is 62.8 Å². The Morgan fingerprint density at radius 1 is 1.05 bits per heavy atom. The molecular formula is C39H39F7N10O3S2. The highest BCUT2D eigenvalue weighted by Crippen LogP contribution is 2.64. The Hall–Kier alpha value is -5.35. The van der Waals surface area contributed by atoms with E-state index in [2.05, 4.69) is 25.6 Å². The van der Waals surface area contributed by atoms with Crippen LogP contribution in [0.5, 0.6) is 0 Å². The average Bonchev–Trinajstić information content (AvgIpc) is 3.80. The predicted octanol–water partition coefficient (Wildman–Crippen LogP) is 7.17. The third-order valence-corrected chi connectivity index (χ3v) is 12.4. The Bertz CT molecular complexity index is 2800. The molecule has 1 saturated carbocycles. The van der Waals surface area contributed by atoms with Gasteiger partial charge in [0.15, 0.2) is 22.3 Å². The zero-order chi connectivity index (χ0) is 43.9. The molecule has 4 atom stereocenters. The van der Waals surface area contributed by atoms with Crippen LogP contribution in [0.4, 0.5) is 41.7 Å². The van der Waals surface area contributed by atoms with Gasteiger partial charge in [-0.2, -0.15) is 32.1 Å². The molecule has 2 aliphatic carbocycles. The lowest BCUT2D eigenvalue weighted by atomic mass is 9.73. The van der Waals surface area contributed by atoms with Gasteiger partial charge in [0, 0.05) is 53.7 Å². The lowest BCUT2D eigenvalue weighted by Gasteiger charge is -2.34. The average molecular weight is 893 g/mol. The van der Waals surface area contributed by atoms with Crippen LogP contribution in [-0.4, -0.2) is 81.7 Å². The van der Waals surface area contributed by atoms with E-state index >= 15 is 8.78 Å². The van der Waals surface area contributed by atoms with Crippen molar-refractivity contribution in [2.75, 3.05) is 36.9 Å². The maximum Gasteiger partial charge on any atom is 0.435 e. The molecule has 8 rings (SSSR count). The van der Waals surface area contributed by atoms with Gasteiger partial charge < -0.3 is 15.5 Å². The number of aryl methyl sites for hydroxylation is 1. The van der Waals surface area contributed by atoms with Crippen molar-refractivity contribution >= 4 is 59.5 Å². The first-order valence-corrected chi connectivity index (χ1v) is 21.7. The number of hydrogen-bond acceptors (Lipinski definition) is 10. The molecular weight excluding hydrogens is 854 g/mol. The number of para-hydroxylation sites is 1. The van der Waals surface area contributed by atoms with E-state index in [1.807, 2.05) is 25.9 Å². The number of nitrogens with zero attached hydrogens (tertiary/aromatic N) is 7. The fourth-order valence-corrected chi connectivity index (χ4v) is 10.0. The van der Waals surface area contributed by atoms with Gasteiger partial charge >= 0.3 is 6.18 Å². The van der Waals surface area contributed by atoms with Gasteiger partial charge in [-0.15, -0.1) is 0 Å². The maximum absolute atomic E-state index is 15.7. The predicted molar refractivity (Wildman–Crippen MR) is 215 cm³/mol. The minimum atomic E-state index is -5.07. The fraction of sp³-hybridized carbons (Fsp3) is 0.410. The van der Waals surface area contributed by atoms with Crippen molar-refractivity contribution in [1.82, 2.24) is 39.7 Å². The van der Waals surface area contributed by atoms with Gasteiger partial charge in [-0.1, -0.05) is 23.5 Å². The summed E-state index contributed by atoms with van der Waals surface area (Å²) in [4.78, 5) is 25.7. The van der Waals surface area contributed by atoms with Gasteiger partial charge in [-0.25, -0.2) is 27.2 Å². The van der Waals surface area contributed by atoms with Gasteiger partial charge in [0.25, 0.3) is 5.92 Å². The van der Waals surface area contributed by atoms with Gasteiger partial charge in [-0.05, 0) is 76.0 Å². The van der Waals surface area contributed by atoms with E-state index in [9.17, 15) is 35.2 Å². The number of carbonyl (C=O) groups is 1. The summed E-state index contributed by atoms with van der Waals surface area (Å²) in [5.41, 5.74) is -1.50. The summed E-state index contributed by atoms with van der Waals surface area (Å²) in [5.74, 6) is -8.97. The number of benzene rings is 2. The number of likely N-dealkylation sites (N-methyl/N-ethyl adjacent to an activating group) is 1. The summed E-state index contributed by atoms with van der Waals surface area (Å²) in [6, 6.07) is 8.06. The van der Waals surface area contributed by atoms with Crippen molar-refractivity contribution in [2.24, 2.45) is 13.0 Å². The van der Waals surface area contributed by atoms with Gasteiger partial charge in [0.05, 0.1) is 28.2 Å². The quantitative estimate of drug-likeness (QED) is 0.103. The van der Waals surface area contributed by atoms with Crippen LogP contribution in [0.3, 0.4) is 0 Å². The second kappa shape index (κ2) is 15.2. The molecule has 1 fully saturated rings. The smallest absolute Gasteiger partial charge is 0.358 e. The number of hydrogen-bond donors (Lipinski definition) is 3. The van der Waals surface area contributed by atoms with Crippen LogP contribution in [-0.2, 0) is 46.9 Å². The van der Waals surface area contributed by atoms with E-state index in [1.54, 1.807) is 31.3 Å². The molecule has 0 saturated heterocycles. The number of alkyl halides is 5. The Kier molecular flexibility index (Phi) is 10.6. The number of rotatable bonds is 13. The molecule has 0 bridgehead atoms. The van der Waals surface area contributed by atoms with Crippen molar-refractivity contribution in [3.8, 4) is 11.1 Å². The molecule has 3 N–H and O–H groups in total. The summed E-state index contributed by atoms with van der Waals surface area (Å²) in [5, 5.41) is 14.9. The van der Waals surface area contributed by atoms with Crippen LogP contribution < -0.4 is 15.4 Å². The number of sulfonamides is 1. The second-order valence-corrected chi connectivity index (χ2v) is 18.7. The highest BCUT2D eigenvalue weighted by molar-refractivity contribution is 7.92.